The van der Waals surface area contributed by atoms with Gasteiger partial charge >= 0.3 is 6.36 Å². The van der Waals surface area contributed by atoms with Gasteiger partial charge in [-0.15, -0.1) is 13.2 Å². The van der Waals surface area contributed by atoms with E-state index in [-0.39, 0.29) is 11.7 Å². The molecule has 152 valence electrons. The Morgan fingerprint density at radius 1 is 1.03 bits per heavy atom. The normalized spacial score (nSPS) is 15.0. The lowest BCUT2D eigenvalue weighted by Crippen LogP contribution is -2.48. The molecule has 0 radical (unpaired) electrons. The molecule has 10 heteroatoms. The summed E-state index contributed by atoms with van der Waals surface area (Å²) in [7, 11) is 0. The lowest BCUT2D eigenvalue weighted by Gasteiger charge is -2.34. The molecule has 1 aromatic heterocycles. The number of aromatic nitrogens is 1. The number of ether oxygens (including phenoxy) is 1. The second-order valence-corrected chi connectivity index (χ2v) is 7.47. The van der Waals surface area contributed by atoms with Crippen LogP contribution in [0.4, 0.5) is 22.7 Å². The Morgan fingerprint density at radius 3 is 2.38 bits per heavy atom. The van der Waals surface area contributed by atoms with Crippen molar-refractivity contribution in [1.29, 1.82) is 0 Å². The van der Waals surface area contributed by atoms with Crippen molar-refractivity contribution in [3.63, 3.8) is 0 Å². The van der Waals surface area contributed by atoms with Crippen LogP contribution in [0.3, 0.4) is 0 Å². The van der Waals surface area contributed by atoms with E-state index in [1.807, 2.05) is 4.90 Å². The monoisotopic (exact) mass is 425 g/mol. The maximum absolute atomic E-state index is 13.0. The summed E-state index contributed by atoms with van der Waals surface area (Å²) in [5, 5.41) is 0.679. The van der Waals surface area contributed by atoms with Crippen LogP contribution in [0.25, 0.3) is 10.2 Å². The minimum atomic E-state index is -4.74. The number of hydrogen-bond donors (Lipinski definition) is 0. The molecule has 1 amide bonds. The average molecular weight is 425 g/mol. The number of hydrogen-bond acceptors (Lipinski definition) is 5. The maximum atomic E-state index is 13.0. The standard InChI is InChI=1S/C19H15F4N3O2S/c20-13-3-1-12(2-4-13)17(27)25-7-9-26(10-8-25)18-24-15-6-5-14(11-16(15)29-18)28-19(21,22)23/h1-6,11H,7-10H2. The van der Waals surface area contributed by atoms with E-state index >= 15 is 0 Å². The average Bonchev–Trinajstić information content (AvgIpc) is 3.10. The zero-order chi connectivity index (χ0) is 20.6. The summed E-state index contributed by atoms with van der Waals surface area (Å²) < 4.78 is 54.7. The number of nitrogens with zero attached hydrogens (tertiary/aromatic N) is 3. The predicted molar refractivity (Wildman–Crippen MR) is 101 cm³/mol. The molecule has 0 saturated carbocycles. The molecule has 1 aliphatic heterocycles. The highest BCUT2D eigenvalue weighted by Crippen LogP contribution is 2.33. The second kappa shape index (κ2) is 7.51. The minimum Gasteiger partial charge on any atom is -0.406 e. The van der Waals surface area contributed by atoms with Crippen molar-refractivity contribution in [3.05, 3.63) is 53.8 Å². The molecule has 0 unspecified atom stereocenters. The van der Waals surface area contributed by atoms with Crippen molar-refractivity contribution in [2.24, 2.45) is 0 Å². The van der Waals surface area contributed by atoms with Crippen molar-refractivity contribution in [3.8, 4) is 5.75 Å². The molecule has 0 spiro atoms. The molecule has 0 N–H and O–H groups in total. The van der Waals surface area contributed by atoms with E-state index in [0.717, 1.165) is 0 Å². The van der Waals surface area contributed by atoms with E-state index in [1.165, 1.54) is 53.8 Å². The van der Waals surface area contributed by atoms with Gasteiger partial charge in [0.15, 0.2) is 5.13 Å². The number of amides is 1. The van der Waals surface area contributed by atoms with Gasteiger partial charge in [0.2, 0.25) is 0 Å². The van der Waals surface area contributed by atoms with Gasteiger partial charge in [0.25, 0.3) is 5.91 Å². The van der Waals surface area contributed by atoms with Crippen LogP contribution in [0, 0.1) is 5.82 Å². The Hall–Kier alpha value is -2.88. The highest BCUT2D eigenvalue weighted by molar-refractivity contribution is 7.22. The molecular formula is C19H15F4N3O2S. The fourth-order valence-electron chi connectivity index (χ4n) is 3.10. The van der Waals surface area contributed by atoms with Gasteiger partial charge in [-0.2, -0.15) is 0 Å². The third-order valence-corrected chi connectivity index (χ3v) is 5.59. The van der Waals surface area contributed by atoms with Crippen molar-refractivity contribution < 1.29 is 27.1 Å². The number of rotatable bonds is 3. The smallest absolute Gasteiger partial charge is 0.406 e. The second-order valence-electron chi connectivity index (χ2n) is 6.46. The summed E-state index contributed by atoms with van der Waals surface area (Å²) in [4.78, 5) is 20.7. The molecule has 1 fully saturated rings. The lowest BCUT2D eigenvalue weighted by molar-refractivity contribution is -0.274. The zero-order valence-electron chi connectivity index (χ0n) is 14.9. The Kier molecular flexibility index (Phi) is 5.03. The largest absolute Gasteiger partial charge is 0.573 e. The first-order valence-corrected chi connectivity index (χ1v) is 9.56. The first-order valence-electron chi connectivity index (χ1n) is 8.75. The van der Waals surface area contributed by atoms with Gasteiger partial charge in [-0.05, 0) is 36.4 Å². The zero-order valence-corrected chi connectivity index (χ0v) is 15.8. The molecule has 2 heterocycles. The number of alkyl halides is 3. The van der Waals surface area contributed by atoms with E-state index in [2.05, 4.69) is 9.72 Å². The van der Waals surface area contributed by atoms with E-state index in [4.69, 9.17) is 0 Å². The van der Waals surface area contributed by atoms with Crippen LogP contribution in [0.15, 0.2) is 42.5 Å². The Bertz CT molecular complexity index is 1030. The Labute approximate surface area is 167 Å². The quantitative estimate of drug-likeness (QED) is 0.587. The molecule has 4 rings (SSSR count). The fourth-order valence-corrected chi connectivity index (χ4v) is 4.15. The first kappa shape index (κ1) is 19.4. The number of piperazine rings is 1. The summed E-state index contributed by atoms with van der Waals surface area (Å²) >= 11 is 1.27. The van der Waals surface area contributed by atoms with Crippen LogP contribution in [0.1, 0.15) is 10.4 Å². The maximum Gasteiger partial charge on any atom is 0.573 e. The number of benzene rings is 2. The SMILES string of the molecule is O=C(c1ccc(F)cc1)N1CCN(c2nc3ccc(OC(F)(F)F)cc3s2)CC1. The van der Waals surface area contributed by atoms with E-state index in [1.54, 1.807) is 4.90 Å². The van der Waals surface area contributed by atoms with Gasteiger partial charge < -0.3 is 14.5 Å². The van der Waals surface area contributed by atoms with Crippen molar-refractivity contribution in [1.82, 2.24) is 9.88 Å². The Balaban J connectivity index is 1.43. The summed E-state index contributed by atoms with van der Waals surface area (Å²) in [6.45, 7) is 2.01. The van der Waals surface area contributed by atoms with Gasteiger partial charge in [-0.1, -0.05) is 11.3 Å². The van der Waals surface area contributed by atoms with Gasteiger partial charge in [-0.3, -0.25) is 4.79 Å². The van der Waals surface area contributed by atoms with Crippen LogP contribution in [-0.2, 0) is 0 Å². The van der Waals surface area contributed by atoms with E-state index in [9.17, 15) is 22.4 Å². The van der Waals surface area contributed by atoms with E-state index < -0.39 is 12.2 Å². The lowest BCUT2D eigenvalue weighted by atomic mass is 10.2. The molecule has 5 nitrogen and oxygen atoms in total. The van der Waals surface area contributed by atoms with Crippen LogP contribution in [0.2, 0.25) is 0 Å². The molecule has 29 heavy (non-hydrogen) atoms. The summed E-state index contributed by atoms with van der Waals surface area (Å²) in [6, 6.07) is 9.46. The molecule has 1 aliphatic rings. The van der Waals surface area contributed by atoms with Crippen LogP contribution < -0.4 is 9.64 Å². The Morgan fingerprint density at radius 2 is 1.72 bits per heavy atom. The summed E-state index contributed by atoms with van der Waals surface area (Å²) in [5.74, 6) is -0.844. The third kappa shape index (κ3) is 4.42. The van der Waals surface area contributed by atoms with Crippen LogP contribution >= 0.6 is 11.3 Å². The summed E-state index contributed by atoms with van der Waals surface area (Å²) in [5.41, 5.74) is 1.02. The highest BCUT2D eigenvalue weighted by Gasteiger charge is 2.31. The van der Waals surface area contributed by atoms with E-state index in [0.29, 0.717) is 47.1 Å². The molecular weight excluding hydrogens is 410 g/mol. The van der Waals surface area contributed by atoms with Gasteiger partial charge in [-0.25, -0.2) is 9.37 Å². The number of carbonyl (C=O) groups excluding carboxylic acids is 1. The minimum absolute atomic E-state index is 0.164. The molecule has 0 bridgehead atoms. The first-order chi connectivity index (χ1) is 13.8. The predicted octanol–water partition coefficient (Wildman–Crippen LogP) is 4.30. The van der Waals surface area contributed by atoms with Crippen molar-refractivity contribution in [2.45, 2.75) is 6.36 Å². The van der Waals surface area contributed by atoms with Crippen LogP contribution in [-0.4, -0.2) is 48.3 Å². The molecule has 3 aromatic rings. The third-order valence-electron chi connectivity index (χ3n) is 4.51. The topological polar surface area (TPSA) is 45.7 Å². The number of carbonyl (C=O) groups is 1. The number of fused-ring (bicyclic) bond motifs is 1. The van der Waals surface area contributed by atoms with Crippen molar-refractivity contribution in [2.75, 3.05) is 31.1 Å². The van der Waals surface area contributed by atoms with Gasteiger partial charge in [0.1, 0.15) is 11.6 Å². The molecule has 0 atom stereocenters. The van der Waals surface area contributed by atoms with Gasteiger partial charge in [0, 0.05) is 37.8 Å². The molecule has 2 aromatic carbocycles. The van der Waals surface area contributed by atoms with Crippen LogP contribution in [0.5, 0.6) is 5.75 Å². The number of thiazole rings is 1. The number of halogens is 4. The molecule has 0 aliphatic carbocycles. The molecule has 1 saturated heterocycles. The van der Waals surface area contributed by atoms with Crippen molar-refractivity contribution >= 4 is 32.6 Å². The highest BCUT2D eigenvalue weighted by atomic mass is 32.1. The fraction of sp³-hybridized carbons (Fsp3) is 0.263. The number of anilines is 1. The summed E-state index contributed by atoms with van der Waals surface area (Å²) in [6.07, 6.45) is -4.74. The van der Waals surface area contributed by atoms with Gasteiger partial charge in [0.05, 0.1) is 10.2 Å².